The van der Waals surface area contributed by atoms with Gasteiger partial charge >= 0.3 is 0 Å². The van der Waals surface area contributed by atoms with E-state index in [1.807, 2.05) is 36.0 Å². The number of aromatic nitrogens is 2. The lowest BCUT2D eigenvalue weighted by Gasteiger charge is -2.00. The number of benzene rings is 1. The van der Waals surface area contributed by atoms with Crippen LogP contribution in [-0.4, -0.2) is 16.8 Å². The predicted octanol–water partition coefficient (Wildman–Crippen LogP) is 2.42. The fourth-order valence-corrected chi connectivity index (χ4v) is 2.12. The van der Waals surface area contributed by atoms with Gasteiger partial charge in [0.05, 0.1) is 7.11 Å². The Hall–Kier alpha value is -2.43. The Balaban J connectivity index is 2.28. The van der Waals surface area contributed by atoms with Crippen molar-refractivity contribution in [3.63, 3.8) is 0 Å². The van der Waals surface area contributed by atoms with Crippen LogP contribution in [0.2, 0.25) is 0 Å². The van der Waals surface area contributed by atoms with E-state index in [-0.39, 0.29) is 0 Å². The van der Waals surface area contributed by atoms with Crippen molar-refractivity contribution in [2.45, 2.75) is 0 Å². The van der Waals surface area contributed by atoms with E-state index < -0.39 is 0 Å². The molecule has 0 atom stereocenters. The molecule has 0 aliphatic heterocycles. The topological polar surface area (TPSA) is 66.2 Å². The lowest BCUT2D eigenvalue weighted by molar-refractivity contribution is 0.415. The van der Waals surface area contributed by atoms with Gasteiger partial charge in [0, 0.05) is 35.8 Å². The number of hydrogen-bond acceptors (Lipinski definition) is 4. The maximum absolute atomic E-state index is 5.56. The van der Waals surface area contributed by atoms with Crippen LogP contribution in [0.4, 0.5) is 5.88 Å². The summed E-state index contributed by atoms with van der Waals surface area (Å²) >= 11 is 0. The Morgan fingerprint density at radius 1 is 1.33 bits per heavy atom. The fraction of sp³-hybridized carbons (Fsp3) is 0.154. The minimum atomic E-state index is 0.310. The molecule has 2 aromatic heterocycles. The summed E-state index contributed by atoms with van der Waals surface area (Å²) in [6.45, 7) is 0. The number of ether oxygens (including phenoxy) is 1. The van der Waals surface area contributed by atoms with Crippen LogP contribution in [0, 0.1) is 0 Å². The smallest absolute Gasteiger partial charge is 0.222 e. The number of aryl methyl sites for hydroxylation is 1. The minimum Gasteiger partial charge on any atom is -0.497 e. The molecule has 0 unspecified atom stereocenters. The van der Waals surface area contributed by atoms with Crippen LogP contribution in [0.1, 0.15) is 0 Å². The standard InChI is InChI=1S/C13H13N3O2/c1-16-7-10(11-6-13(14)18-15-11)9-5-8(17-2)3-4-12(9)16/h3-7H,14H2,1-2H3. The molecule has 0 saturated heterocycles. The molecule has 3 aromatic rings. The molecule has 2 N–H and O–H groups in total. The quantitative estimate of drug-likeness (QED) is 0.750. The number of anilines is 1. The average molecular weight is 243 g/mol. The molecular weight excluding hydrogens is 230 g/mol. The van der Waals surface area contributed by atoms with Gasteiger partial charge in [0.25, 0.3) is 0 Å². The van der Waals surface area contributed by atoms with E-state index in [2.05, 4.69) is 5.16 Å². The molecule has 5 nitrogen and oxygen atoms in total. The highest BCUT2D eigenvalue weighted by Crippen LogP contribution is 2.32. The molecule has 5 heteroatoms. The van der Waals surface area contributed by atoms with Gasteiger partial charge in [-0.15, -0.1) is 0 Å². The number of nitrogens with two attached hydrogens (primary N) is 1. The SMILES string of the molecule is COc1ccc2c(c1)c(-c1cc(N)on1)cn2C. The van der Waals surface area contributed by atoms with E-state index in [1.165, 1.54) is 0 Å². The second kappa shape index (κ2) is 3.80. The molecule has 0 spiro atoms. The molecule has 0 amide bonds. The van der Waals surface area contributed by atoms with Gasteiger partial charge in [-0.25, -0.2) is 0 Å². The molecule has 0 bridgehead atoms. The summed E-state index contributed by atoms with van der Waals surface area (Å²) in [4.78, 5) is 0. The second-order valence-corrected chi connectivity index (χ2v) is 4.15. The Morgan fingerprint density at radius 3 is 2.83 bits per heavy atom. The number of fused-ring (bicyclic) bond motifs is 1. The molecule has 92 valence electrons. The fourth-order valence-electron chi connectivity index (χ4n) is 2.12. The van der Waals surface area contributed by atoms with Gasteiger partial charge in [-0.2, -0.15) is 0 Å². The van der Waals surface area contributed by atoms with Crippen molar-refractivity contribution in [1.82, 2.24) is 9.72 Å². The zero-order valence-electron chi connectivity index (χ0n) is 10.2. The molecule has 1 aromatic carbocycles. The van der Waals surface area contributed by atoms with Gasteiger partial charge < -0.3 is 19.6 Å². The van der Waals surface area contributed by atoms with E-state index in [0.29, 0.717) is 5.88 Å². The normalized spacial score (nSPS) is 11.0. The Kier molecular flexibility index (Phi) is 2.26. The van der Waals surface area contributed by atoms with E-state index in [4.69, 9.17) is 15.0 Å². The van der Waals surface area contributed by atoms with Gasteiger partial charge in [0.1, 0.15) is 11.4 Å². The summed E-state index contributed by atoms with van der Waals surface area (Å²) in [5.74, 6) is 1.12. The van der Waals surface area contributed by atoms with Crippen molar-refractivity contribution >= 4 is 16.8 Å². The summed E-state index contributed by atoms with van der Waals surface area (Å²) < 4.78 is 12.2. The predicted molar refractivity (Wildman–Crippen MR) is 69.4 cm³/mol. The highest BCUT2D eigenvalue weighted by atomic mass is 16.5. The molecule has 0 aliphatic rings. The number of nitrogen functional groups attached to an aromatic ring is 1. The van der Waals surface area contributed by atoms with Crippen LogP contribution in [0.25, 0.3) is 22.2 Å². The van der Waals surface area contributed by atoms with E-state index >= 15 is 0 Å². The van der Waals surface area contributed by atoms with Gasteiger partial charge in [-0.3, -0.25) is 0 Å². The van der Waals surface area contributed by atoms with Crippen molar-refractivity contribution in [3.05, 3.63) is 30.5 Å². The Labute approximate surface area is 104 Å². The molecular formula is C13H13N3O2. The third kappa shape index (κ3) is 1.52. The maximum atomic E-state index is 5.56. The molecule has 18 heavy (non-hydrogen) atoms. The van der Waals surface area contributed by atoms with E-state index in [1.54, 1.807) is 13.2 Å². The lowest BCUT2D eigenvalue weighted by atomic mass is 10.1. The van der Waals surface area contributed by atoms with Crippen LogP contribution in [0.5, 0.6) is 5.75 Å². The van der Waals surface area contributed by atoms with Crippen LogP contribution in [-0.2, 0) is 7.05 Å². The zero-order valence-corrected chi connectivity index (χ0v) is 10.2. The Morgan fingerprint density at radius 2 is 2.17 bits per heavy atom. The van der Waals surface area contributed by atoms with E-state index in [9.17, 15) is 0 Å². The number of nitrogens with zero attached hydrogens (tertiary/aromatic N) is 2. The monoisotopic (exact) mass is 243 g/mol. The minimum absolute atomic E-state index is 0.310. The first-order valence-electron chi connectivity index (χ1n) is 5.54. The summed E-state index contributed by atoms with van der Waals surface area (Å²) in [5.41, 5.74) is 8.37. The summed E-state index contributed by atoms with van der Waals surface area (Å²) in [6, 6.07) is 7.65. The highest BCUT2D eigenvalue weighted by Gasteiger charge is 2.12. The van der Waals surface area contributed by atoms with Crippen LogP contribution in [0.15, 0.2) is 35.0 Å². The molecule has 0 fully saturated rings. The lowest BCUT2D eigenvalue weighted by Crippen LogP contribution is -1.84. The van der Waals surface area contributed by atoms with Gasteiger partial charge in [0.15, 0.2) is 0 Å². The third-order valence-corrected chi connectivity index (χ3v) is 3.00. The first-order valence-corrected chi connectivity index (χ1v) is 5.54. The van der Waals surface area contributed by atoms with Crippen LogP contribution >= 0.6 is 0 Å². The summed E-state index contributed by atoms with van der Waals surface area (Å²) in [6.07, 6.45) is 2.00. The van der Waals surface area contributed by atoms with Crippen molar-refractivity contribution in [1.29, 1.82) is 0 Å². The van der Waals surface area contributed by atoms with Gasteiger partial charge in [-0.05, 0) is 18.2 Å². The van der Waals surface area contributed by atoms with Crippen molar-refractivity contribution in [2.75, 3.05) is 12.8 Å². The molecule has 0 saturated carbocycles. The van der Waals surface area contributed by atoms with Crippen LogP contribution < -0.4 is 10.5 Å². The first kappa shape index (κ1) is 10.7. The number of rotatable bonds is 2. The molecule has 3 rings (SSSR count). The first-order chi connectivity index (χ1) is 8.69. The van der Waals surface area contributed by atoms with Crippen molar-refractivity contribution in [2.24, 2.45) is 7.05 Å². The van der Waals surface area contributed by atoms with Crippen molar-refractivity contribution < 1.29 is 9.26 Å². The van der Waals surface area contributed by atoms with Crippen molar-refractivity contribution in [3.8, 4) is 17.0 Å². The second-order valence-electron chi connectivity index (χ2n) is 4.15. The molecule has 0 aliphatic carbocycles. The van der Waals surface area contributed by atoms with Gasteiger partial charge in [-0.1, -0.05) is 5.16 Å². The largest absolute Gasteiger partial charge is 0.497 e. The number of hydrogen-bond donors (Lipinski definition) is 1. The zero-order chi connectivity index (χ0) is 12.7. The molecule has 2 heterocycles. The highest BCUT2D eigenvalue weighted by molar-refractivity contribution is 5.96. The summed E-state index contributed by atoms with van der Waals surface area (Å²) in [7, 11) is 3.64. The van der Waals surface area contributed by atoms with E-state index in [0.717, 1.165) is 27.9 Å². The summed E-state index contributed by atoms with van der Waals surface area (Å²) in [5, 5.41) is 5.01. The Bertz CT molecular complexity index is 712. The average Bonchev–Trinajstić information content (AvgIpc) is 2.93. The van der Waals surface area contributed by atoms with Crippen LogP contribution in [0.3, 0.4) is 0 Å². The number of methoxy groups -OCH3 is 1. The van der Waals surface area contributed by atoms with Gasteiger partial charge in [0.2, 0.25) is 5.88 Å². The maximum Gasteiger partial charge on any atom is 0.222 e. The molecule has 0 radical (unpaired) electrons. The third-order valence-electron chi connectivity index (χ3n) is 3.00.